The molecule has 3 heterocycles. The van der Waals surface area contributed by atoms with Gasteiger partial charge in [-0.3, -0.25) is 14.7 Å². The zero-order chi connectivity index (χ0) is 18.6. The Morgan fingerprint density at radius 3 is 2.59 bits per heavy atom. The molecule has 0 N–H and O–H groups in total. The van der Waals surface area contributed by atoms with Crippen LogP contribution in [0.4, 0.5) is 4.39 Å². The van der Waals surface area contributed by atoms with Crippen molar-refractivity contribution < 1.29 is 9.18 Å². The van der Waals surface area contributed by atoms with E-state index in [9.17, 15) is 9.18 Å². The lowest BCUT2D eigenvalue weighted by Crippen LogP contribution is -2.47. The van der Waals surface area contributed by atoms with Gasteiger partial charge in [-0.15, -0.1) is 0 Å². The molecule has 0 radical (unpaired) electrons. The Balaban J connectivity index is 1.33. The molecule has 2 aliphatic heterocycles. The van der Waals surface area contributed by atoms with Crippen molar-refractivity contribution in [2.24, 2.45) is 4.99 Å². The largest absolute Gasteiger partial charge is 0.348 e. The highest BCUT2D eigenvalue weighted by Gasteiger charge is 2.28. The highest BCUT2D eigenvalue weighted by Crippen LogP contribution is 2.30. The van der Waals surface area contributed by atoms with Gasteiger partial charge in [0.05, 0.1) is 4.91 Å². The van der Waals surface area contributed by atoms with Gasteiger partial charge in [0.25, 0.3) is 5.91 Å². The summed E-state index contributed by atoms with van der Waals surface area (Å²) in [6.07, 6.45) is 5.27. The number of aromatic nitrogens is 1. The van der Waals surface area contributed by atoms with Gasteiger partial charge in [0, 0.05) is 45.1 Å². The van der Waals surface area contributed by atoms with E-state index in [1.165, 1.54) is 23.9 Å². The molecule has 138 valence electrons. The van der Waals surface area contributed by atoms with Gasteiger partial charge in [-0.05, 0) is 47.2 Å². The van der Waals surface area contributed by atoms with Crippen LogP contribution in [0.15, 0.2) is 58.7 Å². The van der Waals surface area contributed by atoms with Gasteiger partial charge >= 0.3 is 0 Å². The number of piperazine rings is 1. The Morgan fingerprint density at radius 2 is 1.89 bits per heavy atom. The highest BCUT2D eigenvalue weighted by atomic mass is 32.2. The third-order valence-corrected chi connectivity index (χ3v) is 5.60. The third-order valence-electron chi connectivity index (χ3n) is 4.55. The number of nitrogens with zero attached hydrogens (tertiary/aromatic N) is 4. The van der Waals surface area contributed by atoms with E-state index in [4.69, 9.17) is 0 Å². The van der Waals surface area contributed by atoms with Crippen LogP contribution >= 0.6 is 11.8 Å². The second-order valence-corrected chi connectivity index (χ2v) is 7.50. The van der Waals surface area contributed by atoms with Crippen molar-refractivity contribution in [2.75, 3.05) is 26.2 Å². The Hall–Kier alpha value is -2.51. The van der Waals surface area contributed by atoms with Crippen LogP contribution in [-0.2, 0) is 11.3 Å². The van der Waals surface area contributed by atoms with Crippen LogP contribution in [-0.4, -0.2) is 52.0 Å². The van der Waals surface area contributed by atoms with E-state index in [0.29, 0.717) is 4.91 Å². The molecule has 0 unspecified atom stereocenters. The fourth-order valence-electron chi connectivity index (χ4n) is 3.09. The minimum Gasteiger partial charge on any atom is -0.348 e. The molecule has 1 amide bonds. The fraction of sp³-hybridized carbons (Fsp3) is 0.250. The van der Waals surface area contributed by atoms with Gasteiger partial charge in [0.1, 0.15) is 5.82 Å². The van der Waals surface area contributed by atoms with Crippen molar-refractivity contribution in [2.45, 2.75) is 6.54 Å². The molecule has 5 nitrogen and oxygen atoms in total. The number of amidine groups is 1. The van der Waals surface area contributed by atoms with Crippen molar-refractivity contribution in [1.29, 1.82) is 0 Å². The van der Waals surface area contributed by atoms with E-state index in [1.807, 2.05) is 30.3 Å². The molecular formula is C20H19FN4OS. The predicted octanol–water partition coefficient (Wildman–Crippen LogP) is 3.01. The average Bonchev–Trinajstić information content (AvgIpc) is 3.05. The van der Waals surface area contributed by atoms with Crippen LogP contribution in [0.2, 0.25) is 0 Å². The number of carbonyl (C=O) groups is 1. The molecule has 1 aromatic heterocycles. The monoisotopic (exact) mass is 382 g/mol. The third kappa shape index (κ3) is 4.43. The van der Waals surface area contributed by atoms with Gasteiger partial charge in [0.15, 0.2) is 5.17 Å². The summed E-state index contributed by atoms with van der Waals surface area (Å²) in [5, 5.41) is 0.775. The average molecular weight is 382 g/mol. The van der Waals surface area contributed by atoms with Crippen LogP contribution in [0.1, 0.15) is 11.1 Å². The fourth-order valence-corrected chi connectivity index (χ4v) is 4.06. The molecule has 2 aliphatic rings. The Morgan fingerprint density at radius 1 is 1.11 bits per heavy atom. The molecule has 0 aliphatic carbocycles. The van der Waals surface area contributed by atoms with Crippen LogP contribution in [0.25, 0.3) is 6.08 Å². The number of pyridine rings is 1. The lowest BCUT2D eigenvalue weighted by Gasteiger charge is -2.35. The first-order chi connectivity index (χ1) is 13.2. The second kappa shape index (κ2) is 8.02. The minimum atomic E-state index is -0.209. The number of thioether (sulfide) groups is 1. The van der Waals surface area contributed by atoms with E-state index in [-0.39, 0.29) is 11.7 Å². The van der Waals surface area contributed by atoms with Crippen molar-refractivity contribution >= 4 is 28.9 Å². The Labute approximate surface area is 161 Å². The van der Waals surface area contributed by atoms with Crippen LogP contribution in [0.3, 0.4) is 0 Å². The van der Waals surface area contributed by atoms with E-state index in [2.05, 4.69) is 19.8 Å². The quantitative estimate of drug-likeness (QED) is 0.764. The maximum atomic E-state index is 13.0. The van der Waals surface area contributed by atoms with Crippen molar-refractivity contribution in [1.82, 2.24) is 14.8 Å². The summed E-state index contributed by atoms with van der Waals surface area (Å²) in [6.45, 7) is 4.21. The number of hydrogen-bond acceptors (Lipinski definition) is 5. The maximum Gasteiger partial charge on any atom is 0.286 e. The predicted molar refractivity (Wildman–Crippen MR) is 105 cm³/mol. The van der Waals surface area contributed by atoms with E-state index in [0.717, 1.165) is 49.0 Å². The van der Waals surface area contributed by atoms with E-state index < -0.39 is 0 Å². The number of halogens is 1. The Kier molecular flexibility index (Phi) is 5.31. The SMILES string of the molecule is O=C1N=C(N2CCN(Cc3ccc(F)cc3)CC2)SC1=Cc1cccnc1. The van der Waals surface area contributed by atoms with Crippen molar-refractivity contribution in [3.8, 4) is 0 Å². The number of rotatable bonds is 3. The summed E-state index contributed by atoms with van der Waals surface area (Å²) in [5.41, 5.74) is 2.00. The molecule has 1 fully saturated rings. The first kappa shape index (κ1) is 17.9. The summed E-state index contributed by atoms with van der Waals surface area (Å²) in [4.78, 5) is 25.6. The van der Waals surface area contributed by atoms with E-state index >= 15 is 0 Å². The standard InChI is InChI=1S/C20H19FN4OS/c21-17-5-3-15(4-6-17)14-24-8-10-25(11-9-24)20-23-19(26)18(27-20)12-16-2-1-7-22-13-16/h1-7,12-13H,8-11,14H2. The molecule has 0 spiro atoms. The van der Waals surface area contributed by atoms with Crippen molar-refractivity contribution in [3.63, 3.8) is 0 Å². The molecule has 0 saturated carbocycles. The molecule has 0 atom stereocenters. The van der Waals surface area contributed by atoms with Gasteiger partial charge < -0.3 is 4.90 Å². The summed E-state index contributed by atoms with van der Waals surface area (Å²) in [5.74, 6) is -0.396. The number of hydrogen-bond donors (Lipinski definition) is 0. The molecular weight excluding hydrogens is 363 g/mol. The summed E-state index contributed by atoms with van der Waals surface area (Å²) < 4.78 is 13.0. The molecule has 7 heteroatoms. The molecule has 0 bridgehead atoms. The zero-order valence-electron chi connectivity index (χ0n) is 14.7. The van der Waals surface area contributed by atoms with Crippen molar-refractivity contribution in [3.05, 3.63) is 70.6 Å². The topological polar surface area (TPSA) is 48.8 Å². The summed E-state index contributed by atoms with van der Waals surface area (Å²) in [6, 6.07) is 10.4. The minimum absolute atomic E-state index is 0.187. The van der Waals surface area contributed by atoms with Gasteiger partial charge in [0.2, 0.25) is 0 Å². The molecule has 1 aromatic carbocycles. The van der Waals surface area contributed by atoms with Gasteiger partial charge in [-0.2, -0.15) is 4.99 Å². The molecule has 27 heavy (non-hydrogen) atoms. The number of aliphatic imine (C=N–C) groups is 1. The second-order valence-electron chi connectivity index (χ2n) is 6.49. The smallest absolute Gasteiger partial charge is 0.286 e. The first-order valence-corrected chi connectivity index (χ1v) is 9.63. The normalized spacial score (nSPS) is 19.6. The van der Waals surface area contributed by atoms with Gasteiger partial charge in [-0.25, -0.2) is 4.39 Å². The van der Waals surface area contributed by atoms with E-state index in [1.54, 1.807) is 12.4 Å². The summed E-state index contributed by atoms with van der Waals surface area (Å²) >= 11 is 1.43. The lowest BCUT2D eigenvalue weighted by molar-refractivity contribution is -0.113. The van der Waals surface area contributed by atoms with Crippen LogP contribution in [0, 0.1) is 5.82 Å². The van der Waals surface area contributed by atoms with Gasteiger partial charge in [-0.1, -0.05) is 18.2 Å². The zero-order valence-corrected chi connectivity index (χ0v) is 15.5. The number of amides is 1. The summed E-state index contributed by atoms with van der Waals surface area (Å²) in [7, 11) is 0. The number of carbonyl (C=O) groups excluding carboxylic acids is 1. The van der Waals surface area contributed by atoms with Crippen LogP contribution in [0.5, 0.6) is 0 Å². The molecule has 2 aromatic rings. The molecule has 4 rings (SSSR count). The highest BCUT2D eigenvalue weighted by molar-refractivity contribution is 8.18. The van der Waals surface area contributed by atoms with Crippen LogP contribution < -0.4 is 0 Å². The molecule has 1 saturated heterocycles. The Bertz CT molecular complexity index is 875. The number of benzene rings is 1. The maximum absolute atomic E-state index is 13.0. The first-order valence-electron chi connectivity index (χ1n) is 8.82. The lowest BCUT2D eigenvalue weighted by atomic mass is 10.2.